The monoisotopic (exact) mass is 477 g/mol. The van der Waals surface area contributed by atoms with Gasteiger partial charge >= 0.3 is 5.97 Å². The molecule has 1 heterocycles. The number of aromatic hydroxyl groups is 1. The molecule has 4 rings (SSSR count). The van der Waals surface area contributed by atoms with E-state index >= 15 is 0 Å². The SMILES string of the molecule is Cc1ccc(C(N)C2CC/C(=C\CCCCOC(=O)/C=C/c3ccc4c(c3)OCO4)C2=O)c(O)c1. The second-order valence-corrected chi connectivity index (χ2v) is 8.94. The molecule has 0 amide bonds. The van der Waals surface area contributed by atoms with Crippen molar-refractivity contribution in [3.8, 4) is 17.2 Å². The fourth-order valence-corrected chi connectivity index (χ4v) is 4.43. The van der Waals surface area contributed by atoms with Crippen LogP contribution in [0.4, 0.5) is 0 Å². The van der Waals surface area contributed by atoms with Crippen molar-refractivity contribution >= 4 is 17.8 Å². The summed E-state index contributed by atoms with van der Waals surface area (Å²) in [5, 5.41) is 10.2. The molecule has 2 aromatic rings. The molecule has 1 aliphatic heterocycles. The highest BCUT2D eigenvalue weighted by Gasteiger charge is 2.35. The fraction of sp³-hybridized carbons (Fsp3) is 0.357. The van der Waals surface area contributed by atoms with Gasteiger partial charge in [-0.3, -0.25) is 4.79 Å². The number of carbonyl (C=O) groups excluding carboxylic acids is 2. The quantitative estimate of drug-likeness (QED) is 0.304. The maximum Gasteiger partial charge on any atom is 0.330 e. The first-order chi connectivity index (χ1) is 16.9. The molecule has 7 nitrogen and oxygen atoms in total. The Labute approximate surface area is 205 Å². The van der Waals surface area contributed by atoms with Gasteiger partial charge in [-0.15, -0.1) is 0 Å². The Kier molecular flexibility index (Phi) is 7.87. The van der Waals surface area contributed by atoms with Gasteiger partial charge in [0, 0.05) is 23.6 Å². The molecule has 0 radical (unpaired) electrons. The molecule has 184 valence electrons. The lowest BCUT2D eigenvalue weighted by atomic mass is 9.90. The number of Topliss-reactive ketones (excluding diaryl/α,β-unsaturated/α-hetero) is 1. The molecule has 2 aliphatic rings. The topological polar surface area (TPSA) is 108 Å². The zero-order valence-electron chi connectivity index (χ0n) is 19.9. The fourth-order valence-electron chi connectivity index (χ4n) is 4.43. The van der Waals surface area contributed by atoms with Gasteiger partial charge in [0.2, 0.25) is 6.79 Å². The molecule has 35 heavy (non-hydrogen) atoms. The Balaban J connectivity index is 1.17. The Bertz CT molecular complexity index is 1150. The van der Waals surface area contributed by atoms with Crippen LogP contribution in [0.5, 0.6) is 17.2 Å². The van der Waals surface area contributed by atoms with Crippen LogP contribution >= 0.6 is 0 Å². The zero-order valence-corrected chi connectivity index (χ0v) is 19.9. The van der Waals surface area contributed by atoms with Crippen LogP contribution in [0.3, 0.4) is 0 Å². The number of hydrogen-bond acceptors (Lipinski definition) is 7. The van der Waals surface area contributed by atoms with Crippen LogP contribution in [-0.2, 0) is 14.3 Å². The van der Waals surface area contributed by atoms with Crippen molar-refractivity contribution in [3.05, 3.63) is 70.8 Å². The number of unbranched alkanes of at least 4 members (excludes halogenated alkanes) is 2. The second kappa shape index (κ2) is 11.2. The van der Waals surface area contributed by atoms with E-state index in [0.717, 1.165) is 29.5 Å². The van der Waals surface area contributed by atoms with E-state index in [9.17, 15) is 14.7 Å². The van der Waals surface area contributed by atoms with Gasteiger partial charge in [0.1, 0.15) is 5.75 Å². The van der Waals surface area contributed by atoms with E-state index in [1.807, 2.05) is 31.2 Å². The smallest absolute Gasteiger partial charge is 0.330 e. The third-order valence-corrected chi connectivity index (χ3v) is 6.40. The largest absolute Gasteiger partial charge is 0.508 e. The van der Waals surface area contributed by atoms with Gasteiger partial charge in [0.15, 0.2) is 17.3 Å². The Morgan fingerprint density at radius 2 is 2.03 bits per heavy atom. The molecule has 2 aromatic carbocycles. The summed E-state index contributed by atoms with van der Waals surface area (Å²) in [4.78, 5) is 24.8. The number of allylic oxidation sites excluding steroid dienone is 2. The molecule has 1 saturated carbocycles. The molecule has 2 unspecified atom stereocenters. The standard InChI is InChI=1S/C28H31NO6/c1-18-6-10-21(23(30)15-18)27(29)22-11-9-20(28(22)32)5-3-2-4-14-33-26(31)13-8-19-7-12-24-25(16-19)35-17-34-24/h5-8,10,12-13,15-16,22,27,30H,2-4,9,11,14,17,29H2,1H3/b13-8+,20-5+. The van der Waals surface area contributed by atoms with E-state index in [1.165, 1.54) is 6.08 Å². The maximum absolute atomic E-state index is 12.8. The summed E-state index contributed by atoms with van der Waals surface area (Å²) in [5.41, 5.74) is 9.54. The van der Waals surface area contributed by atoms with E-state index in [1.54, 1.807) is 24.3 Å². The summed E-state index contributed by atoms with van der Waals surface area (Å²) in [6.07, 6.45) is 8.70. The number of nitrogens with two attached hydrogens (primary N) is 1. The number of phenols is 1. The number of benzene rings is 2. The first-order valence-corrected chi connectivity index (χ1v) is 11.9. The van der Waals surface area contributed by atoms with Gasteiger partial charge < -0.3 is 25.1 Å². The van der Waals surface area contributed by atoms with Crippen molar-refractivity contribution in [2.45, 2.75) is 45.1 Å². The number of ketones is 1. The third-order valence-electron chi connectivity index (χ3n) is 6.40. The van der Waals surface area contributed by atoms with Gasteiger partial charge in [-0.1, -0.05) is 24.3 Å². The highest BCUT2D eigenvalue weighted by atomic mass is 16.7. The van der Waals surface area contributed by atoms with Gasteiger partial charge in [-0.25, -0.2) is 4.79 Å². The average Bonchev–Trinajstić information content (AvgIpc) is 3.45. The van der Waals surface area contributed by atoms with Crippen LogP contribution in [0.1, 0.15) is 54.8 Å². The first-order valence-electron chi connectivity index (χ1n) is 11.9. The third kappa shape index (κ3) is 6.11. The van der Waals surface area contributed by atoms with Crippen molar-refractivity contribution in [2.24, 2.45) is 11.7 Å². The predicted molar refractivity (Wildman–Crippen MR) is 132 cm³/mol. The number of carbonyl (C=O) groups is 2. The predicted octanol–water partition coefficient (Wildman–Crippen LogP) is 4.76. The van der Waals surface area contributed by atoms with Crippen molar-refractivity contribution in [1.29, 1.82) is 0 Å². The number of hydrogen-bond donors (Lipinski definition) is 2. The summed E-state index contributed by atoms with van der Waals surface area (Å²) >= 11 is 0. The Morgan fingerprint density at radius 3 is 2.86 bits per heavy atom. The molecule has 0 saturated heterocycles. The number of fused-ring (bicyclic) bond motifs is 1. The van der Waals surface area contributed by atoms with E-state index in [0.29, 0.717) is 42.9 Å². The number of aryl methyl sites for hydroxylation is 1. The van der Waals surface area contributed by atoms with Crippen molar-refractivity contribution in [1.82, 2.24) is 0 Å². The van der Waals surface area contributed by atoms with E-state index in [2.05, 4.69) is 0 Å². The maximum atomic E-state index is 12.8. The van der Waals surface area contributed by atoms with Crippen molar-refractivity contribution < 1.29 is 28.9 Å². The van der Waals surface area contributed by atoms with E-state index in [-0.39, 0.29) is 24.2 Å². The molecule has 0 bridgehead atoms. The minimum atomic E-state index is -0.515. The molecule has 0 aromatic heterocycles. The van der Waals surface area contributed by atoms with Gasteiger partial charge in [0.25, 0.3) is 0 Å². The van der Waals surface area contributed by atoms with Crippen LogP contribution in [0.25, 0.3) is 6.08 Å². The van der Waals surface area contributed by atoms with Crippen LogP contribution in [0, 0.1) is 12.8 Å². The molecule has 2 atom stereocenters. The summed E-state index contributed by atoms with van der Waals surface area (Å²) in [6, 6.07) is 10.3. The summed E-state index contributed by atoms with van der Waals surface area (Å²) in [7, 11) is 0. The average molecular weight is 478 g/mol. The molecule has 1 fully saturated rings. The number of ether oxygens (including phenoxy) is 3. The molecular weight excluding hydrogens is 446 g/mol. The zero-order chi connectivity index (χ0) is 24.8. The Morgan fingerprint density at radius 1 is 1.20 bits per heavy atom. The molecule has 3 N–H and O–H groups in total. The van der Waals surface area contributed by atoms with E-state index in [4.69, 9.17) is 19.9 Å². The van der Waals surface area contributed by atoms with Crippen LogP contribution in [0.2, 0.25) is 0 Å². The first kappa shape index (κ1) is 24.5. The summed E-state index contributed by atoms with van der Waals surface area (Å²) < 4.78 is 15.8. The summed E-state index contributed by atoms with van der Waals surface area (Å²) in [5.74, 6) is 0.857. The second-order valence-electron chi connectivity index (χ2n) is 8.94. The molecule has 1 aliphatic carbocycles. The highest BCUT2D eigenvalue weighted by Crippen LogP contribution is 2.38. The molecule has 0 spiro atoms. The lowest BCUT2D eigenvalue weighted by Gasteiger charge is -2.19. The normalized spacial score (nSPS) is 19.0. The van der Waals surface area contributed by atoms with Crippen LogP contribution in [0.15, 0.2) is 54.1 Å². The van der Waals surface area contributed by atoms with Crippen LogP contribution < -0.4 is 15.2 Å². The molecule has 7 heteroatoms. The van der Waals surface area contributed by atoms with Gasteiger partial charge in [0.05, 0.1) is 6.61 Å². The molecular formula is C28H31NO6. The number of rotatable bonds is 9. The van der Waals surface area contributed by atoms with E-state index < -0.39 is 12.0 Å². The lowest BCUT2D eigenvalue weighted by molar-refractivity contribution is -0.137. The Hall–Kier alpha value is -3.58. The van der Waals surface area contributed by atoms with Gasteiger partial charge in [-0.05, 0) is 80.0 Å². The number of esters is 1. The lowest BCUT2D eigenvalue weighted by Crippen LogP contribution is -2.25. The minimum absolute atomic E-state index is 0.0672. The minimum Gasteiger partial charge on any atom is -0.508 e. The van der Waals surface area contributed by atoms with Crippen molar-refractivity contribution in [3.63, 3.8) is 0 Å². The highest BCUT2D eigenvalue weighted by molar-refractivity contribution is 5.99. The van der Waals surface area contributed by atoms with Crippen LogP contribution in [-0.4, -0.2) is 30.3 Å². The summed E-state index contributed by atoms with van der Waals surface area (Å²) in [6.45, 7) is 2.43. The van der Waals surface area contributed by atoms with Gasteiger partial charge in [-0.2, -0.15) is 0 Å². The van der Waals surface area contributed by atoms with Crippen molar-refractivity contribution in [2.75, 3.05) is 13.4 Å². The number of phenolic OH excluding ortho intramolecular Hbond substituents is 1.